The van der Waals surface area contributed by atoms with E-state index in [1.54, 1.807) is 24.3 Å². The summed E-state index contributed by atoms with van der Waals surface area (Å²) in [7, 11) is 3.68. The van der Waals surface area contributed by atoms with Gasteiger partial charge in [-0.1, -0.05) is 23.2 Å². The number of nitrogens with one attached hydrogen (secondary N) is 1. The Morgan fingerprint density at radius 1 is 0.730 bits per heavy atom. The molecule has 3 aromatic carbocycles. The maximum absolute atomic E-state index is 13.2. The van der Waals surface area contributed by atoms with E-state index in [0.29, 0.717) is 15.7 Å². The Morgan fingerprint density at radius 2 is 1.16 bits per heavy atom. The standard InChI is InChI=1S/C26H22Cl2N2O7/c1-30(2)20-13-11-19(12-14-20)29-23(31)21(36-25(34)15-3-7-17(27)8-4-15)22(24(32)33)37-26(35)16-5-9-18(28)10-6-16/h3-14,21-22H,1-2H3,(H,29,31)(H,32,33)/t21-,22-/m0/s1. The van der Waals surface area contributed by atoms with E-state index in [0.717, 1.165) is 5.69 Å². The minimum atomic E-state index is -2.17. The van der Waals surface area contributed by atoms with Gasteiger partial charge < -0.3 is 24.8 Å². The fraction of sp³-hybridized carbons (Fsp3) is 0.154. The van der Waals surface area contributed by atoms with Crippen LogP contribution in [0.3, 0.4) is 0 Å². The van der Waals surface area contributed by atoms with E-state index in [1.165, 1.54) is 48.5 Å². The number of amides is 1. The third kappa shape index (κ3) is 7.45. The second-order valence-electron chi connectivity index (χ2n) is 7.93. The summed E-state index contributed by atoms with van der Waals surface area (Å²) in [6.07, 6.45) is -4.20. The smallest absolute Gasteiger partial charge is 0.349 e. The number of carbonyl (C=O) groups is 4. The minimum Gasteiger partial charge on any atom is -0.478 e. The van der Waals surface area contributed by atoms with E-state index < -0.39 is 36.0 Å². The van der Waals surface area contributed by atoms with Gasteiger partial charge in [0, 0.05) is 35.5 Å². The number of anilines is 2. The van der Waals surface area contributed by atoms with Crippen molar-refractivity contribution in [2.45, 2.75) is 12.2 Å². The van der Waals surface area contributed by atoms with E-state index in [4.69, 9.17) is 32.7 Å². The lowest BCUT2D eigenvalue weighted by Gasteiger charge is -2.23. The molecule has 0 heterocycles. The van der Waals surface area contributed by atoms with Crippen LogP contribution in [0.5, 0.6) is 0 Å². The van der Waals surface area contributed by atoms with Crippen molar-refractivity contribution in [2.75, 3.05) is 24.3 Å². The number of carboxylic acid groups (broad SMARTS) is 1. The summed E-state index contributed by atoms with van der Waals surface area (Å²) in [5.41, 5.74) is 1.14. The second kappa shape index (κ2) is 12.2. The fourth-order valence-electron chi connectivity index (χ4n) is 3.09. The van der Waals surface area contributed by atoms with Crippen LogP contribution in [0.15, 0.2) is 72.8 Å². The van der Waals surface area contributed by atoms with E-state index in [-0.39, 0.29) is 11.1 Å². The number of rotatable bonds is 9. The first-order chi connectivity index (χ1) is 17.5. The van der Waals surface area contributed by atoms with Crippen LogP contribution in [0.25, 0.3) is 0 Å². The Morgan fingerprint density at radius 3 is 1.57 bits per heavy atom. The van der Waals surface area contributed by atoms with E-state index in [9.17, 15) is 24.3 Å². The van der Waals surface area contributed by atoms with Gasteiger partial charge in [0.25, 0.3) is 5.91 Å². The van der Waals surface area contributed by atoms with Crippen molar-refractivity contribution in [1.29, 1.82) is 0 Å². The molecule has 9 nitrogen and oxygen atoms in total. The number of carbonyl (C=O) groups excluding carboxylic acids is 3. The van der Waals surface area contributed by atoms with Gasteiger partial charge in [0.1, 0.15) is 0 Å². The zero-order valence-corrected chi connectivity index (χ0v) is 21.2. The third-order valence-corrected chi connectivity index (χ3v) is 5.56. The average molecular weight is 545 g/mol. The highest BCUT2D eigenvalue weighted by Gasteiger charge is 2.41. The molecule has 3 aromatic rings. The Bertz CT molecular complexity index is 1280. The molecule has 0 unspecified atom stereocenters. The summed E-state index contributed by atoms with van der Waals surface area (Å²) in [6.45, 7) is 0. The first-order valence-electron chi connectivity index (χ1n) is 10.8. The molecule has 3 rings (SSSR count). The van der Waals surface area contributed by atoms with Crippen molar-refractivity contribution in [1.82, 2.24) is 0 Å². The van der Waals surface area contributed by atoms with E-state index in [1.807, 2.05) is 19.0 Å². The Labute approximate surface area is 222 Å². The molecule has 0 spiro atoms. The van der Waals surface area contributed by atoms with Crippen molar-refractivity contribution in [3.63, 3.8) is 0 Å². The van der Waals surface area contributed by atoms with Gasteiger partial charge in [-0.05, 0) is 72.8 Å². The third-order valence-electron chi connectivity index (χ3n) is 5.06. The lowest BCUT2D eigenvalue weighted by molar-refractivity contribution is -0.157. The molecule has 0 aliphatic heterocycles. The normalized spacial score (nSPS) is 12.1. The topological polar surface area (TPSA) is 122 Å². The summed E-state index contributed by atoms with van der Waals surface area (Å²) >= 11 is 11.7. The molecule has 0 aromatic heterocycles. The molecule has 0 aliphatic carbocycles. The highest BCUT2D eigenvalue weighted by molar-refractivity contribution is 6.31. The Hall–Kier alpha value is -4.08. The Balaban J connectivity index is 1.89. The molecule has 0 saturated carbocycles. The summed E-state index contributed by atoms with van der Waals surface area (Å²) in [4.78, 5) is 52.5. The summed E-state index contributed by atoms with van der Waals surface area (Å²) in [5.74, 6) is -4.79. The molecule has 0 saturated heterocycles. The van der Waals surface area contributed by atoms with Crippen molar-refractivity contribution in [3.8, 4) is 0 Å². The first kappa shape index (κ1) is 27.5. The predicted octanol–water partition coefficient (Wildman–Crippen LogP) is 4.53. The van der Waals surface area contributed by atoms with Crippen molar-refractivity contribution < 1.29 is 33.8 Å². The molecule has 37 heavy (non-hydrogen) atoms. The van der Waals surface area contributed by atoms with Crippen LogP contribution in [-0.4, -0.2) is 55.2 Å². The number of ether oxygens (including phenoxy) is 2. The van der Waals surface area contributed by atoms with Crippen molar-refractivity contribution in [3.05, 3.63) is 94.0 Å². The molecule has 11 heteroatoms. The molecule has 0 bridgehead atoms. The highest BCUT2D eigenvalue weighted by atomic mass is 35.5. The molecule has 0 fully saturated rings. The predicted molar refractivity (Wildman–Crippen MR) is 138 cm³/mol. The van der Waals surface area contributed by atoms with Gasteiger partial charge in [-0.15, -0.1) is 0 Å². The van der Waals surface area contributed by atoms with Gasteiger partial charge in [-0.25, -0.2) is 14.4 Å². The van der Waals surface area contributed by atoms with Gasteiger partial charge in [0.05, 0.1) is 11.1 Å². The summed E-state index contributed by atoms with van der Waals surface area (Å²) in [6, 6.07) is 17.6. The SMILES string of the molecule is CN(C)c1ccc(NC(=O)[C@@H](OC(=O)c2ccc(Cl)cc2)[C@H](OC(=O)c2ccc(Cl)cc2)C(=O)O)cc1. The molecule has 2 N–H and O–H groups in total. The average Bonchev–Trinajstić information content (AvgIpc) is 2.86. The van der Waals surface area contributed by atoms with Crippen LogP contribution >= 0.6 is 23.2 Å². The monoisotopic (exact) mass is 544 g/mol. The highest BCUT2D eigenvalue weighted by Crippen LogP contribution is 2.20. The summed E-state index contributed by atoms with van der Waals surface area (Å²) < 4.78 is 10.4. The van der Waals surface area contributed by atoms with Crippen LogP contribution in [0.1, 0.15) is 20.7 Å². The zero-order chi connectivity index (χ0) is 27.1. The zero-order valence-electron chi connectivity index (χ0n) is 19.7. The number of aliphatic carboxylic acids is 1. The lowest BCUT2D eigenvalue weighted by Crippen LogP contribution is -2.48. The van der Waals surface area contributed by atoms with E-state index in [2.05, 4.69) is 5.32 Å². The number of esters is 2. The number of carboxylic acids is 1. The van der Waals surface area contributed by atoms with Crippen molar-refractivity contribution in [2.24, 2.45) is 0 Å². The molecule has 1 amide bonds. The van der Waals surface area contributed by atoms with Crippen LogP contribution < -0.4 is 10.2 Å². The molecular weight excluding hydrogens is 523 g/mol. The first-order valence-corrected chi connectivity index (χ1v) is 11.5. The van der Waals surface area contributed by atoms with Crippen molar-refractivity contribution >= 4 is 58.4 Å². The molecule has 0 aliphatic rings. The largest absolute Gasteiger partial charge is 0.478 e. The Kier molecular flexibility index (Phi) is 9.10. The number of nitrogens with zero attached hydrogens (tertiary/aromatic N) is 1. The maximum Gasteiger partial charge on any atom is 0.349 e. The molecule has 0 radical (unpaired) electrons. The van der Waals surface area contributed by atoms with Gasteiger partial charge in [-0.2, -0.15) is 0 Å². The van der Waals surface area contributed by atoms with Crippen LogP contribution in [0.2, 0.25) is 10.0 Å². The number of hydrogen-bond donors (Lipinski definition) is 2. The van der Waals surface area contributed by atoms with E-state index >= 15 is 0 Å². The lowest BCUT2D eigenvalue weighted by atomic mass is 10.1. The van der Waals surface area contributed by atoms with Crippen LogP contribution in [0.4, 0.5) is 11.4 Å². The maximum atomic E-state index is 13.2. The number of hydrogen-bond acceptors (Lipinski definition) is 7. The number of benzene rings is 3. The molecular formula is C26H22Cl2N2O7. The molecule has 2 atom stereocenters. The quantitative estimate of drug-likeness (QED) is 0.376. The van der Waals surface area contributed by atoms with Crippen LogP contribution in [-0.2, 0) is 19.1 Å². The van der Waals surface area contributed by atoms with Gasteiger partial charge in [0.15, 0.2) is 0 Å². The van der Waals surface area contributed by atoms with Gasteiger partial charge >= 0.3 is 17.9 Å². The molecule has 192 valence electrons. The number of halogens is 2. The van der Waals surface area contributed by atoms with Gasteiger partial charge in [-0.3, -0.25) is 4.79 Å². The van der Waals surface area contributed by atoms with Gasteiger partial charge in [0.2, 0.25) is 12.2 Å². The second-order valence-corrected chi connectivity index (χ2v) is 8.81. The summed E-state index contributed by atoms with van der Waals surface area (Å²) in [5, 5.41) is 13.0. The van der Waals surface area contributed by atoms with Crippen LogP contribution in [0, 0.1) is 0 Å². The fourth-order valence-corrected chi connectivity index (χ4v) is 3.34. The minimum absolute atomic E-state index is 0.00528.